The first kappa shape index (κ1) is 8.74. The fraction of sp³-hybridized carbons (Fsp3) is 0. The monoisotopic (exact) mass is 183 g/mol. The number of halogens is 1. The van der Waals surface area contributed by atoms with E-state index in [4.69, 9.17) is 16.7 Å². The van der Waals surface area contributed by atoms with Crippen LogP contribution in [0.4, 0.5) is 0 Å². The van der Waals surface area contributed by atoms with E-state index in [0.717, 1.165) is 0 Å². The molecule has 0 aromatic carbocycles. The fourth-order valence-electron chi connectivity index (χ4n) is 0.728. The molecule has 0 amide bonds. The summed E-state index contributed by atoms with van der Waals surface area (Å²) in [7, 11) is 0. The van der Waals surface area contributed by atoms with Gasteiger partial charge >= 0.3 is 5.97 Å². The van der Waals surface area contributed by atoms with E-state index in [1.165, 1.54) is 17.7 Å². The zero-order valence-electron chi connectivity index (χ0n) is 6.07. The molecule has 1 rings (SSSR count). The fourth-order valence-corrected chi connectivity index (χ4v) is 0.857. The van der Waals surface area contributed by atoms with Crippen LogP contribution in [-0.2, 0) is 0 Å². The molecule has 62 valence electrons. The lowest BCUT2D eigenvalue weighted by atomic mass is 10.3. The number of carboxylic acids is 1. The van der Waals surface area contributed by atoms with E-state index < -0.39 is 5.97 Å². The van der Waals surface area contributed by atoms with Crippen LogP contribution >= 0.6 is 11.6 Å². The molecule has 0 atom stereocenters. The Morgan fingerprint density at radius 3 is 2.92 bits per heavy atom. The van der Waals surface area contributed by atoms with Crippen molar-refractivity contribution in [1.82, 2.24) is 4.98 Å². The third-order valence-electron chi connectivity index (χ3n) is 1.22. The molecule has 4 heteroatoms. The Balaban J connectivity index is 3.03. The number of rotatable bonds is 2. The highest BCUT2D eigenvalue weighted by atomic mass is 35.5. The number of pyridine rings is 1. The van der Waals surface area contributed by atoms with Gasteiger partial charge in [0.25, 0.3) is 0 Å². The van der Waals surface area contributed by atoms with Crippen molar-refractivity contribution < 1.29 is 9.90 Å². The van der Waals surface area contributed by atoms with Gasteiger partial charge in [-0.3, -0.25) is 0 Å². The summed E-state index contributed by atoms with van der Waals surface area (Å²) in [5.41, 5.74) is 1.83. The molecule has 0 fully saturated rings. The Kier molecular flexibility index (Phi) is 2.82. The molecule has 1 N–H and O–H groups in total. The van der Waals surface area contributed by atoms with Gasteiger partial charge in [0.1, 0.15) is 5.69 Å². The van der Waals surface area contributed by atoms with E-state index in [1.54, 1.807) is 12.1 Å². The number of hydrogen-bond donors (Lipinski definition) is 1. The predicted molar refractivity (Wildman–Crippen MR) is 46.1 cm³/mol. The minimum Gasteiger partial charge on any atom is -0.477 e. The van der Waals surface area contributed by atoms with Gasteiger partial charge in [0.15, 0.2) is 0 Å². The molecule has 0 saturated heterocycles. The highest BCUT2D eigenvalue weighted by molar-refractivity contribution is 6.27. The molecular weight excluding hydrogens is 178 g/mol. The normalized spacial score (nSPS) is 10.4. The maximum absolute atomic E-state index is 10.4. The summed E-state index contributed by atoms with van der Waals surface area (Å²) in [6.07, 6.45) is 1.52. The van der Waals surface area contributed by atoms with Gasteiger partial charge in [-0.25, -0.2) is 9.78 Å². The molecule has 0 radical (unpaired) electrons. The topological polar surface area (TPSA) is 50.2 Å². The molecule has 1 aromatic rings. The van der Waals surface area contributed by atoms with Gasteiger partial charge < -0.3 is 5.11 Å². The van der Waals surface area contributed by atoms with Crippen LogP contribution in [0.5, 0.6) is 0 Å². The Morgan fingerprint density at radius 1 is 1.58 bits per heavy atom. The van der Waals surface area contributed by atoms with Crippen LogP contribution in [0, 0.1) is 0 Å². The van der Waals surface area contributed by atoms with Crippen molar-refractivity contribution in [3.63, 3.8) is 0 Å². The lowest BCUT2D eigenvalue weighted by Crippen LogP contribution is -2.00. The second kappa shape index (κ2) is 3.88. The Morgan fingerprint density at radius 2 is 2.33 bits per heavy atom. The summed E-state index contributed by atoms with van der Waals surface area (Å²) >= 11 is 5.30. The molecule has 12 heavy (non-hydrogen) atoms. The highest BCUT2D eigenvalue weighted by Gasteiger charge is 2.02. The quantitative estimate of drug-likeness (QED) is 0.763. The smallest absolute Gasteiger partial charge is 0.354 e. The van der Waals surface area contributed by atoms with Crippen LogP contribution in [0.2, 0.25) is 0 Å². The van der Waals surface area contributed by atoms with E-state index >= 15 is 0 Å². The maximum atomic E-state index is 10.4. The van der Waals surface area contributed by atoms with E-state index in [9.17, 15) is 4.79 Å². The maximum Gasteiger partial charge on any atom is 0.354 e. The van der Waals surface area contributed by atoms with E-state index in [2.05, 4.69) is 4.98 Å². The van der Waals surface area contributed by atoms with Gasteiger partial charge in [0, 0.05) is 5.54 Å². The number of carbonyl (C=O) groups is 1. The van der Waals surface area contributed by atoms with Crippen molar-refractivity contribution in [2.75, 3.05) is 0 Å². The lowest BCUT2D eigenvalue weighted by Gasteiger charge is -1.94. The van der Waals surface area contributed by atoms with E-state index in [0.29, 0.717) is 5.69 Å². The molecule has 0 aliphatic heterocycles. The zero-order valence-corrected chi connectivity index (χ0v) is 6.82. The second-order valence-corrected chi connectivity index (χ2v) is 2.30. The third-order valence-corrected chi connectivity index (χ3v) is 1.35. The summed E-state index contributed by atoms with van der Waals surface area (Å²) < 4.78 is 0. The molecule has 0 unspecified atom stereocenters. The highest BCUT2D eigenvalue weighted by Crippen LogP contribution is 2.02. The number of aromatic nitrogens is 1. The van der Waals surface area contributed by atoms with Crippen molar-refractivity contribution in [3.8, 4) is 0 Å². The van der Waals surface area contributed by atoms with Crippen molar-refractivity contribution in [3.05, 3.63) is 35.1 Å². The Bertz CT molecular complexity index is 323. The van der Waals surface area contributed by atoms with Crippen LogP contribution in [0.15, 0.2) is 23.7 Å². The number of aromatic carboxylic acids is 1. The summed E-state index contributed by atoms with van der Waals surface area (Å²) in [6.45, 7) is 0. The van der Waals surface area contributed by atoms with Crippen molar-refractivity contribution in [1.29, 1.82) is 0 Å². The van der Waals surface area contributed by atoms with Crippen LogP contribution in [0.25, 0.3) is 6.08 Å². The summed E-state index contributed by atoms with van der Waals surface area (Å²) in [6, 6.07) is 4.71. The van der Waals surface area contributed by atoms with Gasteiger partial charge in [-0.15, -0.1) is 0 Å². The third kappa shape index (κ3) is 2.07. The second-order valence-electron chi connectivity index (χ2n) is 2.05. The molecular formula is C8H6ClNO2. The summed E-state index contributed by atoms with van der Waals surface area (Å²) in [4.78, 5) is 14.2. The first-order valence-electron chi connectivity index (χ1n) is 3.21. The molecule has 1 heterocycles. The largest absolute Gasteiger partial charge is 0.477 e. The number of nitrogens with zero attached hydrogens (tertiary/aromatic N) is 1. The predicted octanol–water partition coefficient (Wildman–Crippen LogP) is 1.99. The average Bonchev–Trinajstić information content (AvgIpc) is 2.05. The van der Waals surface area contributed by atoms with Crippen molar-refractivity contribution in [2.45, 2.75) is 0 Å². The first-order valence-corrected chi connectivity index (χ1v) is 3.65. The average molecular weight is 184 g/mol. The van der Waals surface area contributed by atoms with Gasteiger partial charge in [0.05, 0.1) is 5.69 Å². The van der Waals surface area contributed by atoms with Crippen molar-refractivity contribution >= 4 is 23.6 Å². The molecule has 0 saturated carbocycles. The molecule has 0 bridgehead atoms. The van der Waals surface area contributed by atoms with Gasteiger partial charge in [-0.05, 0) is 18.2 Å². The molecule has 0 aliphatic rings. The lowest BCUT2D eigenvalue weighted by molar-refractivity contribution is 0.0690. The Hall–Kier alpha value is -1.35. The minimum absolute atomic E-state index is 0.0160. The Labute approximate surface area is 74.3 Å². The SMILES string of the molecule is O=C(O)c1cccc(C=CCl)n1. The zero-order chi connectivity index (χ0) is 8.97. The number of carboxylic acid groups (broad SMARTS) is 1. The van der Waals surface area contributed by atoms with Gasteiger partial charge in [0.2, 0.25) is 0 Å². The van der Waals surface area contributed by atoms with Crippen LogP contribution in [0.1, 0.15) is 16.2 Å². The number of hydrogen-bond acceptors (Lipinski definition) is 2. The van der Waals surface area contributed by atoms with Crippen LogP contribution in [0.3, 0.4) is 0 Å². The van der Waals surface area contributed by atoms with E-state index in [-0.39, 0.29) is 5.69 Å². The first-order chi connectivity index (χ1) is 5.74. The molecule has 0 spiro atoms. The summed E-state index contributed by atoms with van der Waals surface area (Å²) in [5, 5.41) is 8.56. The minimum atomic E-state index is -1.04. The van der Waals surface area contributed by atoms with E-state index in [1.807, 2.05) is 0 Å². The van der Waals surface area contributed by atoms with Crippen LogP contribution < -0.4 is 0 Å². The standard InChI is InChI=1S/C8H6ClNO2/c9-5-4-6-2-1-3-7(10-6)8(11)12/h1-5H,(H,11,12). The van der Waals surface area contributed by atoms with Crippen molar-refractivity contribution in [2.24, 2.45) is 0 Å². The van der Waals surface area contributed by atoms with Gasteiger partial charge in [-0.1, -0.05) is 17.7 Å². The van der Waals surface area contributed by atoms with Crippen LogP contribution in [-0.4, -0.2) is 16.1 Å². The summed E-state index contributed by atoms with van der Waals surface area (Å²) in [5.74, 6) is -1.04. The van der Waals surface area contributed by atoms with Gasteiger partial charge in [-0.2, -0.15) is 0 Å². The molecule has 3 nitrogen and oxygen atoms in total. The molecule has 0 aliphatic carbocycles. The molecule has 1 aromatic heterocycles.